The van der Waals surface area contributed by atoms with Crippen molar-refractivity contribution >= 4 is 5.69 Å². The summed E-state index contributed by atoms with van der Waals surface area (Å²) in [6, 6.07) is 6.26. The van der Waals surface area contributed by atoms with Gasteiger partial charge in [-0.2, -0.15) is 0 Å². The molecule has 3 heteroatoms. The minimum Gasteiger partial charge on any atom is -0.369 e. The van der Waals surface area contributed by atoms with Gasteiger partial charge in [0.05, 0.1) is 5.69 Å². The van der Waals surface area contributed by atoms with E-state index in [4.69, 9.17) is 0 Å². The molecule has 23 heavy (non-hydrogen) atoms. The van der Waals surface area contributed by atoms with Gasteiger partial charge in [-0.05, 0) is 55.2 Å². The van der Waals surface area contributed by atoms with Crippen LogP contribution in [0.4, 0.5) is 10.1 Å². The van der Waals surface area contributed by atoms with Crippen LogP contribution in [0.5, 0.6) is 0 Å². The van der Waals surface area contributed by atoms with Crippen molar-refractivity contribution in [3.05, 3.63) is 29.6 Å². The van der Waals surface area contributed by atoms with Crippen LogP contribution in [-0.2, 0) is 6.54 Å². The number of benzene rings is 1. The fourth-order valence-corrected chi connectivity index (χ4v) is 4.03. The Morgan fingerprint density at radius 1 is 1.09 bits per heavy atom. The number of piperidine rings is 1. The molecule has 2 nitrogen and oxygen atoms in total. The third kappa shape index (κ3) is 4.26. The van der Waals surface area contributed by atoms with Crippen LogP contribution in [0.2, 0.25) is 0 Å². The molecule has 0 bridgehead atoms. The molecule has 1 saturated heterocycles. The second-order valence-corrected chi connectivity index (χ2v) is 7.70. The molecule has 0 radical (unpaired) electrons. The van der Waals surface area contributed by atoms with Crippen LogP contribution in [0.25, 0.3) is 0 Å². The van der Waals surface area contributed by atoms with Crippen LogP contribution in [0, 0.1) is 17.7 Å². The Morgan fingerprint density at radius 3 is 2.57 bits per heavy atom. The van der Waals surface area contributed by atoms with Gasteiger partial charge in [0.1, 0.15) is 5.82 Å². The zero-order chi connectivity index (χ0) is 16.2. The highest BCUT2D eigenvalue weighted by Gasteiger charge is 2.21. The van der Waals surface area contributed by atoms with E-state index >= 15 is 0 Å². The van der Waals surface area contributed by atoms with Gasteiger partial charge in [-0.25, -0.2) is 4.39 Å². The van der Waals surface area contributed by atoms with E-state index < -0.39 is 0 Å². The molecule has 0 spiro atoms. The molecule has 2 atom stereocenters. The maximum atomic E-state index is 14.2. The first-order chi connectivity index (χ1) is 11.1. The Balaban J connectivity index is 1.63. The molecule has 2 fully saturated rings. The smallest absolute Gasteiger partial charge is 0.146 e. The molecular weight excluding hydrogens is 287 g/mol. The van der Waals surface area contributed by atoms with Crippen LogP contribution in [0.1, 0.15) is 57.9 Å². The third-order valence-electron chi connectivity index (χ3n) is 5.81. The lowest BCUT2D eigenvalue weighted by Gasteiger charge is -2.33. The average molecular weight is 318 g/mol. The predicted molar refractivity (Wildman–Crippen MR) is 95.3 cm³/mol. The molecule has 1 heterocycles. The van der Waals surface area contributed by atoms with Gasteiger partial charge in [-0.1, -0.05) is 32.8 Å². The van der Waals surface area contributed by atoms with Crippen LogP contribution in [0.3, 0.4) is 0 Å². The van der Waals surface area contributed by atoms with Crippen LogP contribution in [-0.4, -0.2) is 19.1 Å². The quantitative estimate of drug-likeness (QED) is 0.863. The fourth-order valence-electron chi connectivity index (χ4n) is 4.03. The first-order valence-corrected chi connectivity index (χ1v) is 9.40. The number of halogens is 1. The second-order valence-electron chi connectivity index (χ2n) is 7.70. The number of anilines is 1. The molecule has 1 saturated carbocycles. The van der Waals surface area contributed by atoms with Gasteiger partial charge < -0.3 is 10.2 Å². The van der Waals surface area contributed by atoms with Gasteiger partial charge >= 0.3 is 0 Å². The van der Waals surface area contributed by atoms with Gasteiger partial charge in [0, 0.05) is 25.7 Å². The monoisotopic (exact) mass is 318 g/mol. The van der Waals surface area contributed by atoms with Crippen molar-refractivity contribution in [2.75, 3.05) is 18.0 Å². The van der Waals surface area contributed by atoms with Gasteiger partial charge in [0.15, 0.2) is 0 Å². The molecule has 0 aromatic heterocycles. The molecular formula is C20H31FN2. The van der Waals surface area contributed by atoms with E-state index in [1.165, 1.54) is 44.1 Å². The Kier molecular flexibility index (Phi) is 5.58. The molecule has 1 aromatic carbocycles. The first kappa shape index (κ1) is 16.8. The second kappa shape index (κ2) is 7.65. The van der Waals surface area contributed by atoms with Gasteiger partial charge in [-0.15, -0.1) is 0 Å². The average Bonchev–Trinajstić information content (AvgIpc) is 2.56. The minimum absolute atomic E-state index is 0.0747. The highest BCUT2D eigenvalue weighted by Crippen LogP contribution is 2.27. The Morgan fingerprint density at radius 2 is 1.83 bits per heavy atom. The summed E-state index contributed by atoms with van der Waals surface area (Å²) >= 11 is 0. The summed E-state index contributed by atoms with van der Waals surface area (Å²) in [6.07, 6.45) is 7.65. The van der Waals surface area contributed by atoms with E-state index in [1.807, 2.05) is 6.07 Å². The van der Waals surface area contributed by atoms with Crippen molar-refractivity contribution in [2.45, 2.75) is 65.0 Å². The third-order valence-corrected chi connectivity index (χ3v) is 5.81. The van der Waals surface area contributed by atoms with E-state index in [-0.39, 0.29) is 5.82 Å². The largest absolute Gasteiger partial charge is 0.369 e. The molecule has 2 aliphatic rings. The Bertz CT molecular complexity index is 508. The van der Waals surface area contributed by atoms with Crippen molar-refractivity contribution in [3.63, 3.8) is 0 Å². The molecule has 2 unspecified atom stereocenters. The summed E-state index contributed by atoms with van der Waals surface area (Å²) in [5.74, 6) is 1.45. The first-order valence-electron chi connectivity index (χ1n) is 9.40. The van der Waals surface area contributed by atoms with Crippen molar-refractivity contribution in [1.82, 2.24) is 5.32 Å². The summed E-state index contributed by atoms with van der Waals surface area (Å²) in [5.41, 5.74) is 2.01. The predicted octanol–water partition coefficient (Wildman–Crippen LogP) is 4.73. The number of nitrogens with zero attached hydrogens (tertiary/aromatic N) is 1. The van der Waals surface area contributed by atoms with E-state index in [1.54, 1.807) is 6.07 Å². The summed E-state index contributed by atoms with van der Waals surface area (Å²) in [4.78, 5) is 2.22. The van der Waals surface area contributed by atoms with Gasteiger partial charge in [0.25, 0.3) is 0 Å². The zero-order valence-corrected chi connectivity index (χ0v) is 14.7. The molecule has 1 aromatic rings. The summed E-state index contributed by atoms with van der Waals surface area (Å²) in [6.45, 7) is 7.46. The SMILES string of the molecule is CC1CCN(c2cc(CNC3CCCCC3C)ccc2F)CC1. The number of nitrogens with one attached hydrogen (secondary N) is 1. The Labute approximate surface area is 140 Å². The minimum atomic E-state index is -0.0747. The summed E-state index contributed by atoms with van der Waals surface area (Å²) in [7, 11) is 0. The molecule has 128 valence electrons. The fraction of sp³-hybridized carbons (Fsp3) is 0.700. The van der Waals surface area contributed by atoms with Crippen LogP contribution >= 0.6 is 0 Å². The van der Waals surface area contributed by atoms with E-state index in [2.05, 4.69) is 30.1 Å². The van der Waals surface area contributed by atoms with Crippen LogP contribution < -0.4 is 10.2 Å². The van der Waals surface area contributed by atoms with E-state index in [0.29, 0.717) is 6.04 Å². The summed E-state index contributed by atoms with van der Waals surface area (Å²) in [5, 5.41) is 3.70. The molecule has 1 aliphatic carbocycles. The molecule has 0 amide bonds. The zero-order valence-electron chi connectivity index (χ0n) is 14.7. The van der Waals surface area contributed by atoms with Crippen molar-refractivity contribution in [3.8, 4) is 0 Å². The van der Waals surface area contributed by atoms with Gasteiger partial charge in [-0.3, -0.25) is 0 Å². The molecule has 3 rings (SSSR count). The van der Waals surface area contributed by atoms with Crippen molar-refractivity contribution in [2.24, 2.45) is 11.8 Å². The highest BCUT2D eigenvalue weighted by molar-refractivity contribution is 5.50. The highest BCUT2D eigenvalue weighted by atomic mass is 19.1. The van der Waals surface area contributed by atoms with Crippen LogP contribution in [0.15, 0.2) is 18.2 Å². The number of hydrogen-bond acceptors (Lipinski definition) is 2. The molecule has 1 aliphatic heterocycles. The van der Waals surface area contributed by atoms with Crippen molar-refractivity contribution < 1.29 is 4.39 Å². The standard InChI is InChI=1S/C20H31FN2/c1-15-9-11-23(12-10-15)20-13-17(7-8-18(20)21)14-22-19-6-4-3-5-16(19)2/h7-8,13,15-16,19,22H,3-6,9-12,14H2,1-2H3. The Hall–Kier alpha value is -1.09. The maximum absolute atomic E-state index is 14.2. The number of hydrogen-bond donors (Lipinski definition) is 1. The van der Waals surface area contributed by atoms with E-state index in [9.17, 15) is 4.39 Å². The van der Waals surface area contributed by atoms with Crippen molar-refractivity contribution in [1.29, 1.82) is 0 Å². The summed E-state index contributed by atoms with van der Waals surface area (Å²) < 4.78 is 14.2. The number of rotatable bonds is 4. The lowest BCUT2D eigenvalue weighted by Crippen LogP contribution is -2.37. The normalized spacial score (nSPS) is 26.5. The lowest BCUT2D eigenvalue weighted by atomic mass is 9.86. The molecule has 1 N–H and O–H groups in total. The maximum Gasteiger partial charge on any atom is 0.146 e. The van der Waals surface area contributed by atoms with Gasteiger partial charge in [0.2, 0.25) is 0 Å². The lowest BCUT2D eigenvalue weighted by molar-refractivity contribution is 0.279. The van der Waals surface area contributed by atoms with E-state index in [0.717, 1.165) is 37.2 Å². The topological polar surface area (TPSA) is 15.3 Å².